The van der Waals surface area contributed by atoms with E-state index in [9.17, 15) is 9.18 Å². The van der Waals surface area contributed by atoms with Gasteiger partial charge in [-0.15, -0.1) is 0 Å². The second-order valence-electron chi connectivity index (χ2n) is 5.11. The Labute approximate surface area is 132 Å². The van der Waals surface area contributed by atoms with Crippen LogP contribution in [-0.2, 0) is 13.6 Å². The van der Waals surface area contributed by atoms with Crippen LogP contribution in [0.5, 0.6) is 0 Å². The SMILES string of the molecule is Cn1nccc1-c1cncc(CNC(=O)c2cccc(F)c2)c1. The summed E-state index contributed by atoms with van der Waals surface area (Å²) in [5.41, 5.74) is 3.01. The largest absolute Gasteiger partial charge is 0.348 e. The smallest absolute Gasteiger partial charge is 0.251 e. The third-order valence-electron chi connectivity index (χ3n) is 3.45. The van der Waals surface area contributed by atoms with Crippen molar-refractivity contribution in [2.45, 2.75) is 6.54 Å². The Kier molecular flexibility index (Phi) is 4.14. The molecule has 6 heteroatoms. The zero-order valence-electron chi connectivity index (χ0n) is 12.5. The summed E-state index contributed by atoms with van der Waals surface area (Å²) in [6.45, 7) is 0.314. The third kappa shape index (κ3) is 3.42. The topological polar surface area (TPSA) is 59.8 Å². The molecule has 23 heavy (non-hydrogen) atoms. The summed E-state index contributed by atoms with van der Waals surface area (Å²) in [7, 11) is 1.85. The lowest BCUT2D eigenvalue weighted by Crippen LogP contribution is -2.22. The molecule has 1 aromatic carbocycles. The molecule has 0 radical (unpaired) electrons. The lowest BCUT2D eigenvalue weighted by Gasteiger charge is -2.07. The second kappa shape index (κ2) is 6.39. The molecule has 0 unspecified atom stereocenters. The van der Waals surface area contributed by atoms with E-state index >= 15 is 0 Å². The number of nitrogens with zero attached hydrogens (tertiary/aromatic N) is 3. The first-order chi connectivity index (χ1) is 11.1. The molecule has 2 aromatic heterocycles. The van der Waals surface area contributed by atoms with Gasteiger partial charge in [0.2, 0.25) is 0 Å². The maximum Gasteiger partial charge on any atom is 0.251 e. The second-order valence-corrected chi connectivity index (χ2v) is 5.11. The Morgan fingerprint density at radius 3 is 2.87 bits per heavy atom. The zero-order chi connectivity index (χ0) is 16.2. The summed E-state index contributed by atoms with van der Waals surface area (Å²) in [5, 5.41) is 6.89. The highest BCUT2D eigenvalue weighted by Crippen LogP contribution is 2.18. The standard InChI is InChI=1S/C17H15FN4O/c1-22-16(5-6-21-22)14-7-12(9-19-11-14)10-20-17(23)13-3-2-4-15(18)8-13/h2-9,11H,10H2,1H3,(H,20,23). The minimum atomic E-state index is -0.433. The number of hydrogen-bond acceptors (Lipinski definition) is 3. The van der Waals surface area contributed by atoms with Crippen molar-refractivity contribution in [1.82, 2.24) is 20.1 Å². The van der Waals surface area contributed by atoms with Gasteiger partial charge in [-0.25, -0.2) is 4.39 Å². The van der Waals surface area contributed by atoms with Crippen LogP contribution in [-0.4, -0.2) is 20.7 Å². The molecule has 0 saturated heterocycles. The van der Waals surface area contributed by atoms with Crippen molar-refractivity contribution in [2.24, 2.45) is 7.05 Å². The van der Waals surface area contributed by atoms with Gasteiger partial charge in [0.05, 0.1) is 5.69 Å². The maximum absolute atomic E-state index is 13.1. The van der Waals surface area contributed by atoms with Gasteiger partial charge in [-0.05, 0) is 35.9 Å². The van der Waals surface area contributed by atoms with Gasteiger partial charge < -0.3 is 5.32 Å². The van der Waals surface area contributed by atoms with Crippen molar-refractivity contribution >= 4 is 5.91 Å². The molecular formula is C17H15FN4O. The number of carbonyl (C=O) groups excluding carboxylic acids is 1. The summed E-state index contributed by atoms with van der Waals surface area (Å²) < 4.78 is 14.9. The van der Waals surface area contributed by atoms with Crippen molar-refractivity contribution in [3.63, 3.8) is 0 Å². The molecule has 3 rings (SSSR count). The molecule has 5 nitrogen and oxygen atoms in total. The number of nitrogens with one attached hydrogen (secondary N) is 1. The van der Waals surface area contributed by atoms with E-state index < -0.39 is 5.82 Å². The van der Waals surface area contributed by atoms with E-state index in [1.54, 1.807) is 29.3 Å². The van der Waals surface area contributed by atoms with Crippen LogP contribution in [0.2, 0.25) is 0 Å². The maximum atomic E-state index is 13.1. The number of amides is 1. The van der Waals surface area contributed by atoms with Crippen molar-refractivity contribution in [3.8, 4) is 11.3 Å². The van der Waals surface area contributed by atoms with Crippen molar-refractivity contribution in [3.05, 3.63) is 71.9 Å². The van der Waals surface area contributed by atoms with Crippen molar-refractivity contribution in [1.29, 1.82) is 0 Å². The average molecular weight is 310 g/mol. The monoisotopic (exact) mass is 310 g/mol. The van der Waals surface area contributed by atoms with Gasteiger partial charge in [0.15, 0.2) is 0 Å². The van der Waals surface area contributed by atoms with Crippen molar-refractivity contribution in [2.75, 3.05) is 0 Å². The molecule has 0 spiro atoms. The number of carbonyl (C=O) groups is 1. The Morgan fingerprint density at radius 2 is 2.13 bits per heavy atom. The van der Waals surface area contributed by atoms with E-state index in [4.69, 9.17) is 0 Å². The fraction of sp³-hybridized carbons (Fsp3) is 0.118. The molecule has 2 heterocycles. The van der Waals surface area contributed by atoms with Crippen LogP contribution in [0.15, 0.2) is 55.0 Å². The predicted octanol–water partition coefficient (Wildman–Crippen LogP) is 2.55. The Bertz CT molecular complexity index is 844. The number of benzene rings is 1. The Morgan fingerprint density at radius 1 is 1.26 bits per heavy atom. The molecule has 0 bridgehead atoms. The lowest BCUT2D eigenvalue weighted by atomic mass is 10.1. The predicted molar refractivity (Wildman–Crippen MR) is 84.0 cm³/mol. The summed E-state index contributed by atoms with van der Waals surface area (Å²) >= 11 is 0. The molecule has 0 atom stereocenters. The van der Waals surface area contributed by atoms with Gasteiger partial charge in [0.1, 0.15) is 5.82 Å². The average Bonchev–Trinajstić information content (AvgIpc) is 2.99. The highest BCUT2D eigenvalue weighted by atomic mass is 19.1. The molecule has 3 aromatic rings. The fourth-order valence-electron chi connectivity index (χ4n) is 2.30. The van der Waals surface area contributed by atoms with E-state index in [-0.39, 0.29) is 5.91 Å². The van der Waals surface area contributed by atoms with E-state index in [1.165, 1.54) is 18.2 Å². The molecule has 0 saturated carbocycles. The van der Waals surface area contributed by atoms with Gasteiger partial charge in [-0.3, -0.25) is 14.5 Å². The van der Waals surface area contributed by atoms with E-state index in [0.29, 0.717) is 12.1 Å². The zero-order valence-corrected chi connectivity index (χ0v) is 12.5. The lowest BCUT2D eigenvalue weighted by molar-refractivity contribution is 0.0950. The van der Waals surface area contributed by atoms with E-state index in [1.807, 2.05) is 19.2 Å². The minimum Gasteiger partial charge on any atom is -0.348 e. The normalized spacial score (nSPS) is 10.5. The van der Waals surface area contributed by atoms with Crippen LogP contribution >= 0.6 is 0 Å². The quantitative estimate of drug-likeness (QED) is 0.805. The van der Waals surface area contributed by atoms with Gasteiger partial charge in [0, 0.05) is 43.3 Å². The summed E-state index contributed by atoms with van der Waals surface area (Å²) in [6, 6.07) is 9.43. The molecule has 0 aliphatic rings. The molecule has 0 fully saturated rings. The van der Waals surface area contributed by atoms with Gasteiger partial charge in [-0.1, -0.05) is 6.07 Å². The third-order valence-corrected chi connectivity index (χ3v) is 3.45. The van der Waals surface area contributed by atoms with Crippen LogP contribution in [0, 0.1) is 5.82 Å². The van der Waals surface area contributed by atoms with E-state index in [0.717, 1.165) is 16.8 Å². The highest BCUT2D eigenvalue weighted by Gasteiger charge is 2.08. The number of halogens is 1. The number of aryl methyl sites for hydroxylation is 1. The summed E-state index contributed by atoms with van der Waals surface area (Å²) in [6.07, 6.45) is 5.15. The van der Waals surface area contributed by atoms with Crippen LogP contribution in [0.4, 0.5) is 4.39 Å². The number of aromatic nitrogens is 3. The van der Waals surface area contributed by atoms with Crippen molar-refractivity contribution < 1.29 is 9.18 Å². The molecule has 0 aliphatic heterocycles. The van der Waals surface area contributed by atoms with Gasteiger partial charge in [-0.2, -0.15) is 5.10 Å². The fourth-order valence-corrected chi connectivity index (χ4v) is 2.30. The van der Waals surface area contributed by atoms with Gasteiger partial charge in [0.25, 0.3) is 5.91 Å². The van der Waals surface area contributed by atoms with E-state index in [2.05, 4.69) is 15.4 Å². The number of rotatable bonds is 4. The minimum absolute atomic E-state index is 0.292. The Balaban J connectivity index is 1.72. The molecule has 1 N–H and O–H groups in total. The van der Waals surface area contributed by atoms with Crippen LogP contribution in [0.3, 0.4) is 0 Å². The molecule has 0 aliphatic carbocycles. The summed E-state index contributed by atoms with van der Waals surface area (Å²) in [4.78, 5) is 16.2. The first-order valence-electron chi connectivity index (χ1n) is 7.09. The first-order valence-corrected chi connectivity index (χ1v) is 7.09. The van der Waals surface area contributed by atoms with Crippen LogP contribution in [0.1, 0.15) is 15.9 Å². The first kappa shape index (κ1) is 14.9. The molecule has 116 valence electrons. The van der Waals surface area contributed by atoms with Crippen LogP contribution in [0.25, 0.3) is 11.3 Å². The van der Waals surface area contributed by atoms with Crippen LogP contribution < -0.4 is 5.32 Å². The number of hydrogen-bond donors (Lipinski definition) is 1. The summed E-state index contributed by atoms with van der Waals surface area (Å²) in [5.74, 6) is -0.757. The highest BCUT2D eigenvalue weighted by molar-refractivity contribution is 5.94. The molecular weight excluding hydrogens is 295 g/mol. The molecule has 1 amide bonds. The van der Waals surface area contributed by atoms with Gasteiger partial charge >= 0.3 is 0 Å². The Hall–Kier alpha value is -3.02. The number of pyridine rings is 1.